The second kappa shape index (κ2) is 13.1. The van der Waals surface area contributed by atoms with Crippen LogP contribution in [0.15, 0.2) is 54.6 Å². The highest BCUT2D eigenvalue weighted by Crippen LogP contribution is 2.44. The third-order valence-corrected chi connectivity index (χ3v) is 6.52. The van der Waals surface area contributed by atoms with E-state index in [9.17, 15) is 14.2 Å². The zero-order chi connectivity index (χ0) is 23.4. The van der Waals surface area contributed by atoms with E-state index < -0.39 is 13.6 Å². The van der Waals surface area contributed by atoms with Crippen LogP contribution >= 0.6 is 7.60 Å². The Kier molecular flexibility index (Phi) is 10.6. The van der Waals surface area contributed by atoms with Crippen molar-refractivity contribution in [2.45, 2.75) is 25.8 Å². The van der Waals surface area contributed by atoms with E-state index in [-0.39, 0.29) is 31.1 Å². The molecule has 8 nitrogen and oxygen atoms in total. The molecule has 0 unspecified atom stereocenters. The maximum Gasteiger partial charge on any atom is 0.343 e. The Balaban J connectivity index is 2.06. The molecule has 2 rings (SSSR count). The highest BCUT2D eigenvalue weighted by atomic mass is 31.2. The topological polar surface area (TPSA) is 103 Å². The monoisotopic (exact) mass is 462 g/mol. The van der Waals surface area contributed by atoms with Crippen molar-refractivity contribution in [3.05, 3.63) is 60.2 Å². The van der Waals surface area contributed by atoms with Gasteiger partial charge in [0, 0.05) is 20.8 Å². The van der Waals surface area contributed by atoms with Gasteiger partial charge in [0.25, 0.3) is 0 Å². The normalized spacial score (nSPS) is 12.2. The van der Waals surface area contributed by atoms with Gasteiger partial charge in [0.05, 0.1) is 25.4 Å². The molecule has 0 aliphatic rings. The minimum atomic E-state index is -3.34. The Labute approximate surface area is 189 Å². The quantitative estimate of drug-likeness (QED) is 0.348. The predicted octanol–water partition coefficient (Wildman–Crippen LogP) is 3.37. The second-order valence-corrected chi connectivity index (χ2v) is 9.27. The van der Waals surface area contributed by atoms with Crippen molar-refractivity contribution < 1.29 is 27.9 Å². The molecule has 0 radical (unpaired) electrons. The SMILES string of the molecule is CCOC(=O)CCNC(=O)[C@H](Cc1ccc(-c2ccccc2)cc1)NCP(=O)(OC)OC. The minimum Gasteiger partial charge on any atom is -0.466 e. The van der Waals surface area contributed by atoms with Crippen molar-refractivity contribution >= 4 is 19.5 Å². The van der Waals surface area contributed by atoms with Gasteiger partial charge in [-0.2, -0.15) is 0 Å². The van der Waals surface area contributed by atoms with Crippen LogP contribution < -0.4 is 10.6 Å². The van der Waals surface area contributed by atoms with Gasteiger partial charge in [-0.3, -0.25) is 19.5 Å². The number of ether oxygens (including phenoxy) is 1. The predicted molar refractivity (Wildman–Crippen MR) is 123 cm³/mol. The summed E-state index contributed by atoms with van der Waals surface area (Å²) in [6.45, 7) is 2.16. The van der Waals surface area contributed by atoms with E-state index in [0.717, 1.165) is 16.7 Å². The zero-order valence-electron chi connectivity index (χ0n) is 18.7. The van der Waals surface area contributed by atoms with Crippen molar-refractivity contribution in [3.8, 4) is 11.1 Å². The number of nitrogens with one attached hydrogen (secondary N) is 2. The molecule has 1 atom stereocenters. The molecule has 2 aromatic rings. The van der Waals surface area contributed by atoms with Crippen LogP contribution in [0.1, 0.15) is 18.9 Å². The number of hydrogen-bond acceptors (Lipinski definition) is 7. The summed E-state index contributed by atoms with van der Waals surface area (Å²) in [7, 11) is -0.754. The van der Waals surface area contributed by atoms with E-state index in [0.29, 0.717) is 13.0 Å². The fourth-order valence-electron chi connectivity index (χ4n) is 3.03. The third kappa shape index (κ3) is 8.20. The average Bonchev–Trinajstić information content (AvgIpc) is 2.82. The van der Waals surface area contributed by atoms with Crippen LogP contribution in [0.25, 0.3) is 11.1 Å². The van der Waals surface area contributed by atoms with Gasteiger partial charge in [-0.05, 0) is 30.0 Å². The standard InChI is InChI=1S/C23H31N2O6P/c1-4-31-22(26)14-15-24-23(27)21(25-17-32(28,29-2)30-3)16-18-10-12-20(13-11-18)19-8-6-5-7-9-19/h5-13,21,25H,4,14-17H2,1-3H3,(H,24,27)/t21-/m0/s1. The number of benzene rings is 2. The van der Waals surface area contributed by atoms with Crippen molar-refractivity contribution in [1.82, 2.24) is 10.6 Å². The lowest BCUT2D eigenvalue weighted by molar-refractivity contribution is -0.143. The number of hydrogen-bond donors (Lipinski definition) is 2. The number of carbonyl (C=O) groups is 2. The number of esters is 1. The Morgan fingerprint density at radius 3 is 2.19 bits per heavy atom. The van der Waals surface area contributed by atoms with Gasteiger partial charge in [-0.1, -0.05) is 54.6 Å². The summed E-state index contributed by atoms with van der Waals surface area (Å²) in [6.07, 6.45) is 0.304. The lowest BCUT2D eigenvalue weighted by atomic mass is 10.0. The van der Waals surface area contributed by atoms with Crippen molar-refractivity contribution in [3.63, 3.8) is 0 Å². The Morgan fingerprint density at radius 2 is 1.59 bits per heavy atom. The summed E-state index contributed by atoms with van der Waals surface area (Å²) in [5.41, 5.74) is 3.10. The first-order valence-electron chi connectivity index (χ1n) is 10.4. The molecule has 1 amide bonds. The van der Waals surface area contributed by atoms with Crippen LogP contribution in [0, 0.1) is 0 Å². The molecule has 174 valence electrons. The molecule has 9 heteroatoms. The number of rotatable bonds is 13. The lowest BCUT2D eigenvalue weighted by Crippen LogP contribution is -2.46. The number of carbonyl (C=O) groups excluding carboxylic acids is 2. The maximum atomic E-state index is 12.8. The second-order valence-electron chi connectivity index (χ2n) is 7.00. The van der Waals surface area contributed by atoms with E-state index in [2.05, 4.69) is 10.6 Å². The Hall–Kier alpha value is -2.51. The van der Waals surface area contributed by atoms with Crippen LogP contribution in [0.3, 0.4) is 0 Å². The molecule has 0 spiro atoms. The Morgan fingerprint density at radius 1 is 0.969 bits per heavy atom. The molecule has 32 heavy (non-hydrogen) atoms. The van der Waals surface area contributed by atoms with Gasteiger partial charge in [-0.15, -0.1) is 0 Å². The molecule has 2 N–H and O–H groups in total. The smallest absolute Gasteiger partial charge is 0.343 e. The molecule has 0 heterocycles. The van der Waals surface area contributed by atoms with E-state index in [4.69, 9.17) is 13.8 Å². The molecule has 0 aliphatic carbocycles. The van der Waals surface area contributed by atoms with Gasteiger partial charge >= 0.3 is 13.6 Å². The van der Waals surface area contributed by atoms with E-state index in [1.54, 1.807) is 6.92 Å². The molecule has 0 aliphatic heterocycles. The van der Waals surface area contributed by atoms with E-state index >= 15 is 0 Å². The molecule has 0 fully saturated rings. The van der Waals surface area contributed by atoms with Crippen LogP contribution in [0.4, 0.5) is 0 Å². The largest absolute Gasteiger partial charge is 0.466 e. The van der Waals surface area contributed by atoms with Gasteiger partial charge < -0.3 is 19.1 Å². The molecule has 0 saturated heterocycles. The molecular formula is C23H31N2O6P. The maximum absolute atomic E-state index is 12.8. The molecular weight excluding hydrogens is 431 g/mol. The molecule has 2 aromatic carbocycles. The third-order valence-electron chi connectivity index (χ3n) is 4.84. The summed E-state index contributed by atoms with van der Waals surface area (Å²) in [5, 5.41) is 5.71. The summed E-state index contributed by atoms with van der Waals surface area (Å²) >= 11 is 0. The van der Waals surface area contributed by atoms with E-state index in [1.807, 2.05) is 54.6 Å². The van der Waals surface area contributed by atoms with Gasteiger partial charge in [-0.25, -0.2) is 0 Å². The number of amides is 1. The highest BCUT2D eigenvalue weighted by Gasteiger charge is 2.26. The minimum absolute atomic E-state index is 0.0761. The molecule has 0 saturated carbocycles. The van der Waals surface area contributed by atoms with Crippen LogP contribution in [-0.2, 0) is 34.4 Å². The van der Waals surface area contributed by atoms with Crippen molar-refractivity contribution in [2.24, 2.45) is 0 Å². The Bertz CT molecular complexity index is 896. The van der Waals surface area contributed by atoms with Gasteiger partial charge in [0.2, 0.25) is 5.91 Å². The molecule has 0 aromatic heterocycles. The lowest BCUT2D eigenvalue weighted by Gasteiger charge is -2.21. The van der Waals surface area contributed by atoms with Crippen LogP contribution in [0.5, 0.6) is 0 Å². The van der Waals surface area contributed by atoms with Crippen molar-refractivity contribution in [2.75, 3.05) is 33.7 Å². The summed E-state index contributed by atoms with van der Waals surface area (Å²) in [6, 6.07) is 17.2. The molecule has 0 bridgehead atoms. The summed E-state index contributed by atoms with van der Waals surface area (Å²) < 4.78 is 27.2. The van der Waals surface area contributed by atoms with Gasteiger partial charge in [0.1, 0.15) is 0 Å². The van der Waals surface area contributed by atoms with Crippen LogP contribution in [-0.4, -0.2) is 51.6 Å². The summed E-state index contributed by atoms with van der Waals surface area (Å²) in [4.78, 5) is 24.3. The zero-order valence-corrected chi connectivity index (χ0v) is 19.6. The highest BCUT2D eigenvalue weighted by molar-refractivity contribution is 7.53. The van der Waals surface area contributed by atoms with E-state index in [1.165, 1.54) is 14.2 Å². The van der Waals surface area contributed by atoms with Crippen molar-refractivity contribution in [1.29, 1.82) is 0 Å². The fraction of sp³-hybridized carbons (Fsp3) is 0.391. The average molecular weight is 462 g/mol. The summed E-state index contributed by atoms with van der Waals surface area (Å²) in [5.74, 6) is -0.697. The first kappa shape index (κ1) is 25.7. The van der Waals surface area contributed by atoms with Crippen LogP contribution in [0.2, 0.25) is 0 Å². The van der Waals surface area contributed by atoms with Gasteiger partial charge in [0.15, 0.2) is 0 Å². The first-order chi connectivity index (χ1) is 15.4. The fourth-order valence-corrected chi connectivity index (χ4v) is 3.88. The first-order valence-corrected chi connectivity index (χ1v) is 12.1.